The molecule has 12 aromatic rings. The summed E-state index contributed by atoms with van der Waals surface area (Å²) < 4.78 is 4.19. The number of rotatable bonds is 7. The van der Waals surface area contributed by atoms with Crippen LogP contribution >= 0.6 is 0 Å². The van der Waals surface area contributed by atoms with Gasteiger partial charge in [0.1, 0.15) is 0 Å². The fraction of sp³-hybridized carbons (Fsp3) is 0. The first kappa shape index (κ1) is 49.6. The van der Waals surface area contributed by atoms with E-state index < -0.39 is 0 Å². The van der Waals surface area contributed by atoms with E-state index in [0.29, 0.717) is 123 Å². The Morgan fingerprint density at radius 1 is 0.220 bits per heavy atom. The van der Waals surface area contributed by atoms with Crippen LogP contribution in [0.4, 0.5) is 0 Å². The molecular weight excluding hydrogens is 1010 g/mol. The van der Waals surface area contributed by atoms with Gasteiger partial charge in [-0.2, -0.15) is 52.6 Å². The normalized spacial score (nSPS) is 10.6. The summed E-state index contributed by atoms with van der Waals surface area (Å²) in [5, 5.41) is 105. The van der Waals surface area contributed by atoms with E-state index in [4.69, 9.17) is 0 Å². The summed E-state index contributed by atoms with van der Waals surface area (Å²) >= 11 is 0. The van der Waals surface area contributed by atoms with Gasteiger partial charge >= 0.3 is 0 Å². The lowest BCUT2D eigenvalue weighted by molar-refractivity contribution is 1.09. The number of fused-ring (bicyclic) bond motifs is 6. The highest BCUT2D eigenvalue weighted by molar-refractivity contribution is 6.14. The summed E-state index contributed by atoms with van der Waals surface area (Å²) in [5.41, 5.74) is 13.9. The van der Waals surface area contributed by atoms with Gasteiger partial charge in [-0.05, 0) is 196 Å². The molecule has 0 N–H and O–H groups in total. The average molecular weight is 1040 g/mol. The molecule has 0 bridgehead atoms. The molecule has 0 amide bonds. The Morgan fingerprint density at radius 3 is 0.780 bits per heavy atom. The highest BCUT2D eigenvalue weighted by atomic mass is 15.1. The molecular formula is C70H30N12. The van der Waals surface area contributed by atoms with E-state index in [1.165, 1.54) is 24.3 Å². The molecule has 0 saturated heterocycles. The SMILES string of the molecule is N#Cc1cc(C#N)cc(-c2ccc3c(c2)c2cc(-c4cc(C#N)cc(C#N)c4)ccc2n3-c2cc(C#N)c(-c3cccc(C#N)c3)cc2-n2c3ccc(-c4cc(C#N)cc(C#N)c4)cc3c3cc(-c4cc(C#N)cc(C#N)c4)ccc32)c1. The van der Waals surface area contributed by atoms with Gasteiger partial charge in [0.2, 0.25) is 0 Å². The Hall–Kier alpha value is -13.3. The van der Waals surface area contributed by atoms with Gasteiger partial charge in [0.25, 0.3) is 0 Å². The smallest absolute Gasteiger partial charge is 0.0998 e. The fourth-order valence-corrected chi connectivity index (χ4v) is 11.0. The van der Waals surface area contributed by atoms with Gasteiger partial charge in [0.15, 0.2) is 0 Å². The van der Waals surface area contributed by atoms with Crippen LogP contribution in [0.2, 0.25) is 0 Å². The van der Waals surface area contributed by atoms with Crippen molar-refractivity contribution in [2.45, 2.75) is 0 Å². The molecule has 0 saturated carbocycles. The van der Waals surface area contributed by atoms with Crippen molar-refractivity contribution in [2.75, 3.05) is 0 Å². The predicted molar refractivity (Wildman–Crippen MR) is 309 cm³/mol. The van der Waals surface area contributed by atoms with Crippen molar-refractivity contribution in [3.8, 4) is 128 Å². The molecule has 12 nitrogen and oxygen atoms in total. The third-order valence-electron chi connectivity index (χ3n) is 14.6. The molecule has 0 fully saturated rings. The topological polar surface area (TPSA) is 248 Å². The van der Waals surface area contributed by atoms with E-state index in [-0.39, 0.29) is 0 Å². The molecule has 12 heteroatoms. The fourth-order valence-electron chi connectivity index (χ4n) is 11.0. The van der Waals surface area contributed by atoms with E-state index in [1.807, 2.05) is 91.0 Å². The minimum Gasteiger partial charge on any atom is -0.307 e. The van der Waals surface area contributed by atoms with Gasteiger partial charge in [-0.15, -0.1) is 0 Å². The molecule has 12 rings (SSSR count). The molecule has 0 atom stereocenters. The molecule has 0 aliphatic carbocycles. The van der Waals surface area contributed by atoms with Crippen molar-refractivity contribution >= 4 is 43.6 Å². The van der Waals surface area contributed by atoms with Gasteiger partial charge in [-0.3, -0.25) is 0 Å². The molecule has 370 valence electrons. The van der Waals surface area contributed by atoms with Crippen LogP contribution in [0, 0.1) is 113 Å². The minimum atomic E-state index is 0.300. The summed E-state index contributed by atoms with van der Waals surface area (Å²) in [7, 11) is 0. The summed E-state index contributed by atoms with van der Waals surface area (Å²) in [4.78, 5) is 0. The van der Waals surface area contributed by atoms with E-state index in [0.717, 1.165) is 43.7 Å². The van der Waals surface area contributed by atoms with Crippen LogP contribution in [0.25, 0.3) is 111 Å². The van der Waals surface area contributed by atoms with Gasteiger partial charge in [-0.25, -0.2) is 0 Å². The zero-order valence-electron chi connectivity index (χ0n) is 42.7. The highest BCUT2D eigenvalue weighted by Crippen LogP contribution is 2.44. The van der Waals surface area contributed by atoms with Crippen molar-refractivity contribution in [1.82, 2.24) is 9.13 Å². The molecule has 82 heavy (non-hydrogen) atoms. The first-order chi connectivity index (χ1) is 40.1. The van der Waals surface area contributed by atoms with E-state index in [2.05, 4.69) is 69.8 Å². The molecule has 0 aliphatic heterocycles. The van der Waals surface area contributed by atoms with E-state index >= 15 is 0 Å². The second-order valence-electron chi connectivity index (χ2n) is 19.4. The zero-order valence-corrected chi connectivity index (χ0v) is 42.7. The van der Waals surface area contributed by atoms with Crippen molar-refractivity contribution in [3.63, 3.8) is 0 Å². The summed E-state index contributed by atoms with van der Waals surface area (Å²) in [6.45, 7) is 0. The Balaban J connectivity index is 1.22. The summed E-state index contributed by atoms with van der Waals surface area (Å²) in [6.07, 6.45) is 0. The predicted octanol–water partition coefficient (Wildman–Crippen LogP) is 14.9. The number of aromatic nitrogens is 2. The van der Waals surface area contributed by atoms with Crippen molar-refractivity contribution < 1.29 is 0 Å². The maximum absolute atomic E-state index is 11.2. The Labute approximate surface area is 468 Å². The lowest BCUT2D eigenvalue weighted by Crippen LogP contribution is -2.05. The van der Waals surface area contributed by atoms with Crippen LogP contribution in [-0.4, -0.2) is 9.13 Å². The summed E-state index contributed by atoms with van der Waals surface area (Å²) in [5.74, 6) is 0. The largest absolute Gasteiger partial charge is 0.307 e. The van der Waals surface area contributed by atoms with Gasteiger partial charge in [-0.1, -0.05) is 36.4 Å². The highest BCUT2D eigenvalue weighted by Gasteiger charge is 2.25. The maximum atomic E-state index is 11.2. The van der Waals surface area contributed by atoms with Crippen molar-refractivity contribution in [2.24, 2.45) is 0 Å². The molecule has 0 spiro atoms. The second kappa shape index (κ2) is 20.0. The number of hydrogen-bond acceptors (Lipinski definition) is 10. The lowest BCUT2D eigenvalue weighted by Gasteiger charge is -2.20. The van der Waals surface area contributed by atoms with Gasteiger partial charge in [0.05, 0.1) is 150 Å². The van der Waals surface area contributed by atoms with Crippen molar-refractivity contribution in [3.05, 3.63) is 238 Å². The number of nitrogens with zero attached hydrogens (tertiary/aromatic N) is 12. The van der Waals surface area contributed by atoms with Crippen molar-refractivity contribution in [1.29, 1.82) is 52.6 Å². The Bertz CT molecular complexity index is 4910. The summed E-state index contributed by atoms with van der Waals surface area (Å²) in [6, 6.07) is 76.5. The van der Waals surface area contributed by atoms with E-state index in [9.17, 15) is 52.6 Å². The first-order valence-electron chi connectivity index (χ1n) is 25.2. The standard InChI is InChI=1S/C70H30N12/c71-31-41-2-1-3-54(16-41)60-30-70(82-67-10-6-52(57-21-46(36-76)14-47(22-57)37-77)27-63(67)64-28-53(7-11-68(64)82)58-23-48(38-78)15-49(24-58)39-79)69(29-59(60)40-80)81-65-8-4-50(55-17-42(32-72)12-43(18-55)33-73)25-61(65)62-26-51(5-9-66(62)81)56-19-44(34-74)13-45(20-56)35-75/h1-30H. The third kappa shape index (κ3) is 8.44. The molecule has 10 aromatic carbocycles. The number of hydrogen-bond donors (Lipinski definition) is 0. The van der Waals surface area contributed by atoms with Crippen LogP contribution in [0.15, 0.2) is 182 Å². The number of nitriles is 10. The molecule has 0 aliphatic rings. The second-order valence-corrected chi connectivity index (χ2v) is 19.4. The Kier molecular flexibility index (Phi) is 12.1. The van der Waals surface area contributed by atoms with Gasteiger partial charge in [0, 0.05) is 27.1 Å². The van der Waals surface area contributed by atoms with Gasteiger partial charge < -0.3 is 9.13 Å². The zero-order chi connectivity index (χ0) is 56.8. The number of benzene rings is 10. The molecule has 2 aromatic heterocycles. The van der Waals surface area contributed by atoms with Crippen LogP contribution in [0.5, 0.6) is 0 Å². The van der Waals surface area contributed by atoms with Crippen LogP contribution in [0.3, 0.4) is 0 Å². The molecule has 0 unspecified atom stereocenters. The molecule has 0 radical (unpaired) electrons. The molecule has 2 heterocycles. The quantitative estimate of drug-likeness (QED) is 0.146. The average Bonchev–Trinajstić information content (AvgIpc) is 4.15. The van der Waals surface area contributed by atoms with Crippen LogP contribution < -0.4 is 0 Å². The van der Waals surface area contributed by atoms with Crippen LogP contribution in [0.1, 0.15) is 55.6 Å². The first-order valence-corrected chi connectivity index (χ1v) is 25.2. The minimum absolute atomic E-state index is 0.300. The maximum Gasteiger partial charge on any atom is 0.0998 e. The lowest BCUT2D eigenvalue weighted by atomic mass is 9.96. The van der Waals surface area contributed by atoms with E-state index in [1.54, 1.807) is 66.7 Å². The Morgan fingerprint density at radius 2 is 0.500 bits per heavy atom. The monoisotopic (exact) mass is 1040 g/mol. The third-order valence-corrected chi connectivity index (χ3v) is 14.6. The van der Waals surface area contributed by atoms with Crippen LogP contribution in [-0.2, 0) is 0 Å².